The van der Waals surface area contributed by atoms with Crippen LogP contribution in [0.25, 0.3) is 0 Å². The Hall–Kier alpha value is -3.22. The molecule has 3 rings (SSSR count). The van der Waals surface area contributed by atoms with Gasteiger partial charge in [0.15, 0.2) is 5.96 Å². The fourth-order valence-corrected chi connectivity index (χ4v) is 3.02. The minimum Gasteiger partial charge on any atom is -0.508 e. The second-order valence-corrected chi connectivity index (χ2v) is 7.64. The van der Waals surface area contributed by atoms with Crippen LogP contribution in [0.5, 0.6) is 11.5 Å². The van der Waals surface area contributed by atoms with Crippen LogP contribution < -0.4 is 20.7 Å². The highest BCUT2D eigenvalue weighted by molar-refractivity contribution is 5.94. The predicted octanol–water partition coefficient (Wildman–Crippen LogP) is 3.06. The number of aromatic hydroxyl groups is 1. The molecule has 1 aliphatic rings. The Morgan fingerprint density at radius 1 is 1.10 bits per heavy atom. The van der Waals surface area contributed by atoms with E-state index in [9.17, 15) is 9.90 Å². The molecule has 0 saturated heterocycles. The normalized spacial score (nSPS) is 13.5. The third-order valence-corrected chi connectivity index (χ3v) is 4.94. The van der Waals surface area contributed by atoms with Crippen LogP contribution in [0.1, 0.15) is 42.1 Å². The van der Waals surface area contributed by atoms with Gasteiger partial charge in [-0.1, -0.05) is 24.3 Å². The van der Waals surface area contributed by atoms with Crippen LogP contribution in [-0.4, -0.2) is 43.2 Å². The lowest BCUT2D eigenvalue weighted by molar-refractivity contribution is 0.0953. The molecule has 4 N–H and O–H groups in total. The van der Waals surface area contributed by atoms with Gasteiger partial charge in [-0.3, -0.25) is 4.79 Å². The molecular weight excluding hydrogens is 392 g/mol. The zero-order chi connectivity index (χ0) is 21.9. The molecule has 0 heterocycles. The van der Waals surface area contributed by atoms with Crippen molar-refractivity contribution in [3.8, 4) is 11.5 Å². The van der Waals surface area contributed by atoms with Crippen molar-refractivity contribution in [3.63, 3.8) is 0 Å². The smallest absolute Gasteiger partial charge is 0.251 e. The molecule has 1 saturated carbocycles. The molecule has 0 bridgehead atoms. The number of phenols is 1. The van der Waals surface area contributed by atoms with Gasteiger partial charge in [0.25, 0.3) is 5.91 Å². The van der Waals surface area contributed by atoms with Crippen LogP contribution >= 0.6 is 0 Å². The van der Waals surface area contributed by atoms with Gasteiger partial charge >= 0.3 is 0 Å². The van der Waals surface area contributed by atoms with Gasteiger partial charge in [0.2, 0.25) is 0 Å². The molecular formula is C24H32N4O3. The zero-order valence-corrected chi connectivity index (χ0v) is 18.1. The largest absolute Gasteiger partial charge is 0.508 e. The van der Waals surface area contributed by atoms with E-state index in [2.05, 4.69) is 20.9 Å². The summed E-state index contributed by atoms with van der Waals surface area (Å²) in [6.45, 7) is 5.31. The van der Waals surface area contributed by atoms with E-state index in [4.69, 9.17) is 4.74 Å². The summed E-state index contributed by atoms with van der Waals surface area (Å²) in [7, 11) is 0. The highest BCUT2D eigenvalue weighted by Gasteiger charge is 2.22. The number of guanidine groups is 1. The van der Waals surface area contributed by atoms with Crippen LogP contribution in [0.2, 0.25) is 0 Å². The lowest BCUT2D eigenvalue weighted by Gasteiger charge is -2.13. The molecule has 0 radical (unpaired) electrons. The highest BCUT2D eigenvalue weighted by atomic mass is 16.5. The number of carbonyl (C=O) groups excluding carboxylic acids is 1. The molecule has 0 unspecified atom stereocenters. The van der Waals surface area contributed by atoms with Gasteiger partial charge in [0.1, 0.15) is 11.5 Å². The summed E-state index contributed by atoms with van der Waals surface area (Å²) in [6, 6.07) is 14.4. The van der Waals surface area contributed by atoms with Crippen molar-refractivity contribution < 1.29 is 14.6 Å². The SMILES string of the molecule is CCNC(=NCc1ccccc1OCC1CC1)NCCCNC(=O)c1cccc(O)c1. The van der Waals surface area contributed by atoms with Gasteiger partial charge in [-0.2, -0.15) is 0 Å². The average molecular weight is 425 g/mol. The third kappa shape index (κ3) is 7.85. The Bertz CT molecular complexity index is 881. The van der Waals surface area contributed by atoms with Crippen molar-refractivity contribution in [1.82, 2.24) is 16.0 Å². The van der Waals surface area contributed by atoms with Crippen molar-refractivity contribution in [2.45, 2.75) is 32.7 Å². The number of aliphatic imine (C=N–C) groups is 1. The first-order chi connectivity index (χ1) is 15.2. The van der Waals surface area contributed by atoms with Crippen molar-refractivity contribution in [2.75, 3.05) is 26.2 Å². The first-order valence-corrected chi connectivity index (χ1v) is 11.0. The van der Waals surface area contributed by atoms with Crippen molar-refractivity contribution in [1.29, 1.82) is 0 Å². The van der Waals surface area contributed by atoms with Crippen LogP contribution in [0.15, 0.2) is 53.5 Å². The molecule has 0 aliphatic heterocycles. The molecule has 2 aromatic carbocycles. The Labute approximate surface area is 183 Å². The number of hydrogen-bond acceptors (Lipinski definition) is 4. The second-order valence-electron chi connectivity index (χ2n) is 7.64. The standard InChI is InChI=1S/C24H32N4O3/c1-2-25-24(27-14-6-13-26-23(30)19-8-5-9-21(29)15-19)28-16-20-7-3-4-10-22(20)31-17-18-11-12-18/h3-5,7-10,15,18,29H,2,6,11-14,16-17H2,1H3,(H,26,30)(H2,25,27,28). The molecule has 2 aromatic rings. The molecule has 31 heavy (non-hydrogen) atoms. The average Bonchev–Trinajstić information content (AvgIpc) is 3.60. The van der Waals surface area contributed by atoms with E-state index in [1.165, 1.54) is 18.9 Å². The number of amides is 1. The summed E-state index contributed by atoms with van der Waals surface area (Å²) in [4.78, 5) is 16.8. The first-order valence-electron chi connectivity index (χ1n) is 11.0. The lowest BCUT2D eigenvalue weighted by atomic mass is 10.2. The quantitative estimate of drug-likeness (QED) is 0.253. The first kappa shape index (κ1) is 22.5. The fraction of sp³-hybridized carbons (Fsp3) is 0.417. The summed E-state index contributed by atoms with van der Waals surface area (Å²) in [6.07, 6.45) is 3.28. The van der Waals surface area contributed by atoms with Crippen molar-refractivity contribution in [2.24, 2.45) is 10.9 Å². The number of rotatable bonds is 11. The fourth-order valence-electron chi connectivity index (χ4n) is 3.02. The summed E-state index contributed by atoms with van der Waals surface area (Å²) in [5.41, 5.74) is 1.52. The minimum absolute atomic E-state index is 0.0836. The van der Waals surface area contributed by atoms with Gasteiger partial charge in [0.05, 0.1) is 13.2 Å². The number of benzene rings is 2. The Kier molecular flexibility index (Phi) is 8.58. The molecule has 0 atom stereocenters. The number of nitrogens with one attached hydrogen (secondary N) is 3. The summed E-state index contributed by atoms with van der Waals surface area (Å²) in [5.74, 6) is 2.24. The molecule has 166 valence electrons. The van der Waals surface area contributed by atoms with E-state index in [-0.39, 0.29) is 11.7 Å². The second kappa shape index (κ2) is 11.8. The van der Waals surface area contributed by atoms with Crippen LogP contribution in [0, 0.1) is 5.92 Å². The molecule has 1 fully saturated rings. The van der Waals surface area contributed by atoms with Crippen molar-refractivity contribution in [3.05, 3.63) is 59.7 Å². The van der Waals surface area contributed by atoms with E-state index in [0.717, 1.165) is 36.8 Å². The maximum atomic E-state index is 12.1. The summed E-state index contributed by atoms with van der Waals surface area (Å²) in [5, 5.41) is 18.9. The van der Waals surface area contributed by atoms with Gasteiger partial charge < -0.3 is 25.8 Å². The molecule has 7 heteroatoms. The number of ether oxygens (including phenoxy) is 1. The molecule has 1 amide bonds. The molecule has 0 spiro atoms. The number of hydrogen-bond donors (Lipinski definition) is 4. The molecule has 1 aliphatic carbocycles. The van der Waals surface area contributed by atoms with E-state index in [1.807, 2.05) is 31.2 Å². The molecule has 7 nitrogen and oxygen atoms in total. The Morgan fingerprint density at radius 3 is 2.68 bits per heavy atom. The maximum absolute atomic E-state index is 12.1. The zero-order valence-electron chi connectivity index (χ0n) is 18.1. The van der Waals surface area contributed by atoms with Crippen LogP contribution in [-0.2, 0) is 6.54 Å². The lowest BCUT2D eigenvalue weighted by Crippen LogP contribution is -2.38. The van der Waals surface area contributed by atoms with Crippen LogP contribution in [0.3, 0.4) is 0 Å². The number of phenolic OH excluding ortho intramolecular Hbond substituents is 1. The van der Waals surface area contributed by atoms with Gasteiger partial charge in [-0.25, -0.2) is 4.99 Å². The summed E-state index contributed by atoms with van der Waals surface area (Å²) >= 11 is 0. The Morgan fingerprint density at radius 2 is 1.90 bits per heavy atom. The van der Waals surface area contributed by atoms with E-state index >= 15 is 0 Å². The van der Waals surface area contributed by atoms with E-state index < -0.39 is 0 Å². The number of para-hydroxylation sites is 1. The monoisotopic (exact) mass is 424 g/mol. The molecule has 0 aromatic heterocycles. The number of nitrogens with zero attached hydrogens (tertiary/aromatic N) is 1. The van der Waals surface area contributed by atoms with Crippen LogP contribution in [0.4, 0.5) is 0 Å². The highest BCUT2D eigenvalue weighted by Crippen LogP contribution is 2.30. The topological polar surface area (TPSA) is 95.0 Å². The maximum Gasteiger partial charge on any atom is 0.251 e. The van der Waals surface area contributed by atoms with E-state index in [0.29, 0.717) is 31.1 Å². The van der Waals surface area contributed by atoms with E-state index in [1.54, 1.807) is 18.2 Å². The third-order valence-electron chi connectivity index (χ3n) is 4.94. The van der Waals surface area contributed by atoms with Crippen molar-refractivity contribution >= 4 is 11.9 Å². The Balaban J connectivity index is 1.43. The minimum atomic E-state index is -0.195. The van der Waals surface area contributed by atoms with Gasteiger partial charge in [-0.15, -0.1) is 0 Å². The summed E-state index contributed by atoms with van der Waals surface area (Å²) < 4.78 is 5.97. The predicted molar refractivity (Wildman–Crippen MR) is 123 cm³/mol. The van der Waals surface area contributed by atoms with Gasteiger partial charge in [-0.05, 0) is 56.4 Å². The number of carbonyl (C=O) groups is 1. The van der Waals surface area contributed by atoms with Gasteiger partial charge in [0, 0.05) is 30.8 Å².